The van der Waals surface area contributed by atoms with Crippen LogP contribution in [0, 0.1) is 0 Å². The van der Waals surface area contributed by atoms with Crippen LogP contribution in [0.4, 0.5) is 13.2 Å². The molecule has 14 heavy (non-hydrogen) atoms. The second-order valence-electron chi connectivity index (χ2n) is 2.48. The number of hydrogen-bond acceptors (Lipinski definition) is 1. The minimum atomic E-state index is -4.19. The SMILES string of the molecule is FC(F)(F)CSc1ccc(Cl)cc1Cl. The van der Waals surface area contributed by atoms with Crippen molar-refractivity contribution >= 4 is 35.0 Å². The Bertz CT molecular complexity index is 325. The third-order valence-electron chi connectivity index (χ3n) is 1.29. The van der Waals surface area contributed by atoms with Crippen LogP contribution in [0.25, 0.3) is 0 Å². The van der Waals surface area contributed by atoms with Crippen molar-refractivity contribution in [3.05, 3.63) is 28.2 Å². The molecule has 6 heteroatoms. The molecular formula is C8H5Cl2F3S. The summed E-state index contributed by atoms with van der Waals surface area (Å²) in [5, 5.41) is 0.651. The third kappa shape index (κ3) is 3.98. The van der Waals surface area contributed by atoms with Gasteiger partial charge < -0.3 is 0 Å². The van der Waals surface area contributed by atoms with Gasteiger partial charge >= 0.3 is 6.18 Å². The van der Waals surface area contributed by atoms with E-state index in [0.717, 1.165) is 0 Å². The van der Waals surface area contributed by atoms with Gasteiger partial charge in [-0.05, 0) is 18.2 Å². The standard InChI is InChI=1S/C8H5Cl2F3S/c9-5-1-2-7(6(10)3-5)14-4-8(11,12)13/h1-3H,4H2. The summed E-state index contributed by atoms with van der Waals surface area (Å²) in [6.07, 6.45) is -4.19. The van der Waals surface area contributed by atoms with Gasteiger partial charge in [0.05, 0.1) is 10.8 Å². The Morgan fingerprint density at radius 2 is 1.86 bits per heavy atom. The number of benzene rings is 1. The van der Waals surface area contributed by atoms with E-state index in [-0.39, 0.29) is 5.02 Å². The molecule has 0 unspecified atom stereocenters. The van der Waals surface area contributed by atoms with Crippen LogP contribution in [0.2, 0.25) is 10.0 Å². The Kier molecular flexibility index (Phi) is 3.98. The highest BCUT2D eigenvalue weighted by Gasteiger charge is 2.27. The average Bonchev–Trinajstić information content (AvgIpc) is 2.00. The molecule has 0 radical (unpaired) electrons. The maximum atomic E-state index is 11.9. The van der Waals surface area contributed by atoms with E-state index in [9.17, 15) is 13.2 Å². The lowest BCUT2D eigenvalue weighted by Crippen LogP contribution is -2.10. The molecule has 0 saturated heterocycles. The fourth-order valence-corrected chi connectivity index (χ4v) is 2.00. The Balaban J connectivity index is 2.68. The number of hydrogen-bond donors (Lipinski definition) is 0. The summed E-state index contributed by atoms with van der Waals surface area (Å²) in [6.45, 7) is 0. The van der Waals surface area contributed by atoms with E-state index in [0.29, 0.717) is 21.7 Å². The lowest BCUT2D eigenvalue weighted by molar-refractivity contribution is -0.105. The van der Waals surface area contributed by atoms with Crippen molar-refractivity contribution < 1.29 is 13.2 Å². The number of alkyl halides is 3. The molecule has 1 aromatic carbocycles. The number of halogens is 5. The predicted molar refractivity (Wildman–Crippen MR) is 53.2 cm³/mol. The molecule has 0 aromatic heterocycles. The normalized spacial score (nSPS) is 11.8. The molecule has 78 valence electrons. The summed E-state index contributed by atoms with van der Waals surface area (Å²) < 4.78 is 35.6. The van der Waals surface area contributed by atoms with Crippen LogP contribution in [0.3, 0.4) is 0 Å². The van der Waals surface area contributed by atoms with E-state index in [2.05, 4.69) is 0 Å². The summed E-state index contributed by atoms with van der Waals surface area (Å²) in [5.74, 6) is -0.950. The quantitative estimate of drug-likeness (QED) is 0.698. The van der Waals surface area contributed by atoms with Crippen LogP contribution < -0.4 is 0 Å². The molecule has 0 fully saturated rings. The second-order valence-corrected chi connectivity index (χ2v) is 4.34. The van der Waals surface area contributed by atoms with Crippen molar-refractivity contribution in [2.24, 2.45) is 0 Å². The van der Waals surface area contributed by atoms with Gasteiger partial charge in [0.1, 0.15) is 0 Å². The highest BCUT2D eigenvalue weighted by atomic mass is 35.5. The summed E-state index contributed by atoms with van der Waals surface area (Å²) in [6, 6.07) is 4.40. The summed E-state index contributed by atoms with van der Waals surface area (Å²) >= 11 is 11.9. The largest absolute Gasteiger partial charge is 0.398 e. The molecule has 0 bridgehead atoms. The van der Waals surface area contributed by atoms with Gasteiger partial charge in [0.2, 0.25) is 0 Å². The lowest BCUT2D eigenvalue weighted by Gasteiger charge is -2.07. The Morgan fingerprint density at radius 1 is 1.21 bits per heavy atom. The fraction of sp³-hybridized carbons (Fsp3) is 0.250. The summed E-state index contributed by atoms with van der Waals surface area (Å²) in [4.78, 5) is 0.383. The monoisotopic (exact) mass is 260 g/mol. The van der Waals surface area contributed by atoms with Crippen molar-refractivity contribution in [1.29, 1.82) is 0 Å². The molecule has 0 aliphatic carbocycles. The van der Waals surface area contributed by atoms with Gasteiger partial charge in [0, 0.05) is 9.92 Å². The first-order chi connectivity index (χ1) is 6.38. The Labute approximate surface area is 93.4 Å². The minimum absolute atomic E-state index is 0.242. The molecule has 0 amide bonds. The molecular weight excluding hydrogens is 256 g/mol. The molecule has 1 aromatic rings. The van der Waals surface area contributed by atoms with Crippen LogP contribution >= 0.6 is 35.0 Å². The van der Waals surface area contributed by atoms with Crippen LogP contribution in [-0.2, 0) is 0 Å². The van der Waals surface area contributed by atoms with E-state index >= 15 is 0 Å². The van der Waals surface area contributed by atoms with Gasteiger partial charge in [0.25, 0.3) is 0 Å². The van der Waals surface area contributed by atoms with Crippen LogP contribution in [-0.4, -0.2) is 11.9 Å². The summed E-state index contributed by atoms with van der Waals surface area (Å²) in [7, 11) is 0. The maximum absolute atomic E-state index is 11.9. The maximum Gasteiger partial charge on any atom is 0.398 e. The lowest BCUT2D eigenvalue weighted by atomic mass is 10.4. The molecule has 1 rings (SSSR count). The Morgan fingerprint density at radius 3 is 2.36 bits per heavy atom. The molecule has 0 heterocycles. The molecule has 0 N–H and O–H groups in total. The highest BCUT2D eigenvalue weighted by molar-refractivity contribution is 7.99. The number of thioether (sulfide) groups is 1. The number of rotatable bonds is 2. The molecule has 0 aliphatic heterocycles. The highest BCUT2D eigenvalue weighted by Crippen LogP contribution is 2.33. The van der Waals surface area contributed by atoms with E-state index in [1.54, 1.807) is 0 Å². The van der Waals surface area contributed by atoms with Gasteiger partial charge in [-0.2, -0.15) is 13.2 Å². The van der Waals surface area contributed by atoms with Crippen LogP contribution in [0.1, 0.15) is 0 Å². The molecule has 0 atom stereocenters. The van der Waals surface area contributed by atoms with Crippen molar-refractivity contribution in [1.82, 2.24) is 0 Å². The Hall–Kier alpha value is -0.0600. The van der Waals surface area contributed by atoms with E-state index in [4.69, 9.17) is 23.2 Å². The topological polar surface area (TPSA) is 0 Å². The van der Waals surface area contributed by atoms with Crippen LogP contribution in [0.15, 0.2) is 23.1 Å². The van der Waals surface area contributed by atoms with Crippen molar-refractivity contribution in [3.8, 4) is 0 Å². The minimum Gasteiger partial charge on any atom is -0.170 e. The molecule has 0 aliphatic rings. The van der Waals surface area contributed by atoms with Gasteiger partial charge in [-0.25, -0.2) is 0 Å². The smallest absolute Gasteiger partial charge is 0.170 e. The zero-order chi connectivity index (χ0) is 10.8. The van der Waals surface area contributed by atoms with Crippen molar-refractivity contribution in [2.45, 2.75) is 11.1 Å². The first-order valence-corrected chi connectivity index (χ1v) is 5.27. The van der Waals surface area contributed by atoms with E-state index in [1.807, 2.05) is 0 Å². The zero-order valence-corrected chi connectivity index (χ0v) is 9.07. The van der Waals surface area contributed by atoms with Crippen molar-refractivity contribution in [3.63, 3.8) is 0 Å². The molecule has 0 nitrogen and oxygen atoms in total. The van der Waals surface area contributed by atoms with Gasteiger partial charge in [0.15, 0.2) is 0 Å². The second kappa shape index (κ2) is 4.64. The van der Waals surface area contributed by atoms with Gasteiger partial charge in [-0.15, -0.1) is 11.8 Å². The van der Waals surface area contributed by atoms with Gasteiger partial charge in [-0.3, -0.25) is 0 Å². The van der Waals surface area contributed by atoms with E-state index < -0.39 is 11.9 Å². The first-order valence-electron chi connectivity index (χ1n) is 3.53. The fourth-order valence-electron chi connectivity index (χ4n) is 0.752. The predicted octanol–water partition coefficient (Wildman–Crippen LogP) is 4.65. The average molecular weight is 261 g/mol. The van der Waals surface area contributed by atoms with Crippen molar-refractivity contribution in [2.75, 3.05) is 5.75 Å². The first kappa shape index (κ1) is 12.0. The van der Waals surface area contributed by atoms with E-state index in [1.165, 1.54) is 18.2 Å². The zero-order valence-electron chi connectivity index (χ0n) is 6.74. The molecule has 0 saturated carbocycles. The van der Waals surface area contributed by atoms with Gasteiger partial charge in [-0.1, -0.05) is 23.2 Å². The van der Waals surface area contributed by atoms with Crippen LogP contribution in [0.5, 0.6) is 0 Å². The third-order valence-corrected chi connectivity index (χ3v) is 3.08. The molecule has 0 spiro atoms. The summed E-state index contributed by atoms with van der Waals surface area (Å²) in [5.41, 5.74) is 0.